The highest BCUT2D eigenvalue weighted by Crippen LogP contribution is 2.63. The summed E-state index contributed by atoms with van der Waals surface area (Å²) in [6.07, 6.45) is 7.51. The molecule has 0 heterocycles. The van der Waals surface area contributed by atoms with Crippen molar-refractivity contribution in [1.29, 1.82) is 0 Å². The molecule has 2 aliphatic rings. The smallest absolute Gasteiger partial charge is 0.0681 e. The van der Waals surface area contributed by atoms with Crippen LogP contribution in [0.5, 0.6) is 0 Å². The number of allylic oxidation sites excluding steroid dienone is 6. The van der Waals surface area contributed by atoms with Crippen LogP contribution < -0.4 is 0 Å². The van der Waals surface area contributed by atoms with E-state index in [0.717, 1.165) is 6.42 Å². The Kier molecular flexibility index (Phi) is 7.62. The summed E-state index contributed by atoms with van der Waals surface area (Å²) in [6, 6.07) is 17.7. The normalized spacial score (nSPS) is 19.0. The first-order valence-corrected chi connectivity index (χ1v) is 11.1. The van der Waals surface area contributed by atoms with Crippen LogP contribution >= 0.6 is 0 Å². The van der Waals surface area contributed by atoms with E-state index in [-0.39, 0.29) is 5.41 Å². The Balaban J connectivity index is 0.000000707. The molecule has 1 spiro atoms. The van der Waals surface area contributed by atoms with Gasteiger partial charge in [-0.1, -0.05) is 115 Å². The van der Waals surface area contributed by atoms with Crippen molar-refractivity contribution in [2.75, 3.05) is 0 Å². The molecule has 0 saturated carbocycles. The van der Waals surface area contributed by atoms with Gasteiger partial charge < -0.3 is 0 Å². The first kappa shape index (κ1) is 22.7. The Morgan fingerprint density at radius 2 is 1.31 bits per heavy atom. The lowest BCUT2D eigenvalue weighted by atomic mass is 9.68. The maximum Gasteiger partial charge on any atom is 0.0681 e. The number of fused-ring (bicyclic) bond motifs is 5. The largest absolute Gasteiger partial charge is 0.0988 e. The van der Waals surface area contributed by atoms with Gasteiger partial charge in [-0.05, 0) is 52.3 Å². The second kappa shape index (κ2) is 9.74. The quantitative estimate of drug-likeness (QED) is 0.464. The highest BCUT2D eigenvalue weighted by molar-refractivity contribution is 5.88. The standard InChI is InChI=1S/C25H24.2C2H6/c1-5-17-18(6-2)22(8-4)25(21(17)7-3)23-15-11-9-13-19(23)20-14-10-12-16-24(20)25;2*1-2/h5,7-16,18H,1,3,6H2,2,4H3;2*1-2H3/b22-8+;;. The van der Waals surface area contributed by atoms with Gasteiger partial charge in [-0.25, -0.2) is 0 Å². The molecule has 4 rings (SSSR count). The fourth-order valence-corrected chi connectivity index (χ4v) is 5.21. The summed E-state index contributed by atoms with van der Waals surface area (Å²) in [5.41, 5.74) is 9.35. The van der Waals surface area contributed by atoms with Gasteiger partial charge in [0, 0.05) is 5.92 Å². The SMILES string of the molecule is C=CC1=C(C=C)C2(/C(=C/C)C1CC)c1ccccc1-c1ccccc12.CC.CC. The van der Waals surface area contributed by atoms with Gasteiger partial charge in [0.25, 0.3) is 0 Å². The van der Waals surface area contributed by atoms with Crippen LogP contribution in [0, 0.1) is 5.92 Å². The van der Waals surface area contributed by atoms with Gasteiger partial charge >= 0.3 is 0 Å². The molecule has 29 heavy (non-hydrogen) atoms. The van der Waals surface area contributed by atoms with Gasteiger partial charge in [0.2, 0.25) is 0 Å². The molecule has 0 N–H and O–H groups in total. The highest BCUT2D eigenvalue weighted by atomic mass is 14.5. The first-order chi connectivity index (χ1) is 14.2. The number of hydrogen-bond acceptors (Lipinski definition) is 0. The van der Waals surface area contributed by atoms with Crippen LogP contribution in [0.25, 0.3) is 11.1 Å². The van der Waals surface area contributed by atoms with Gasteiger partial charge in [0.15, 0.2) is 0 Å². The van der Waals surface area contributed by atoms with Gasteiger partial charge in [0.1, 0.15) is 0 Å². The first-order valence-electron chi connectivity index (χ1n) is 11.1. The van der Waals surface area contributed by atoms with Gasteiger partial charge in [0.05, 0.1) is 5.41 Å². The molecule has 0 fully saturated rings. The summed E-state index contributed by atoms with van der Waals surface area (Å²) in [5, 5.41) is 0. The lowest BCUT2D eigenvalue weighted by Crippen LogP contribution is -2.28. The van der Waals surface area contributed by atoms with Gasteiger partial charge in [-0.15, -0.1) is 0 Å². The topological polar surface area (TPSA) is 0 Å². The van der Waals surface area contributed by atoms with Crippen molar-refractivity contribution in [2.24, 2.45) is 5.92 Å². The molecule has 0 bridgehead atoms. The molecule has 0 aromatic heterocycles. The lowest BCUT2D eigenvalue weighted by molar-refractivity contribution is 0.646. The molecule has 2 aliphatic carbocycles. The van der Waals surface area contributed by atoms with E-state index >= 15 is 0 Å². The molecule has 0 heteroatoms. The van der Waals surface area contributed by atoms with Crippen molar-refractivity contribution in [3.63, 3.8) is 0 Å². The van der Waals surface area contributed by atoms with Crippen LogP contribution in [0.2, 0.25) is 0 Å². The molecule has 0 radical (unpaired) electrons. The van der Waals surface area contributed by atoms with Crippen LogP contribution in [0.1, 0.15) is 59.1 Å². The van der Waals surface area contributed by atoms with Crippen molar-refractivity contribution in [1.82, 2.24) is 0 Å². The molecular weight excluding hydrogens is 348 g/mol. The number of benzene rings is 2. The molecule has 0 amide bonds. The Morgan fingerprint density at radius 3 is 1.69 bits per heavy atom. The van der Waals surface area contributed by atoms with Crippen molar-refractivity contribution in [2.45, 2.75) is 53.4 Å². The van der Waals surface area contributed by atoms with Crippen molar-refractivity contribution in [3.8, 4) is 11.1 Å². The van der Waals surface area contributed by atoms with E-state index in [4.69, 9.17) is 0 Å². The third kappa shape index (κ3) is 3.06. The van der Waals surface area contributed by atoms with E-state index in [2.05, 4.69) is 87.7 Å². The number of rotatable bonds is 3. The third-order valence-electron chi connectivity index (χ3n) is 5.99. The Hall–Kier alpha value is -2.60. The molecule has 0 aliphatic heterocycles. The van der Waals surface area contributed by atoms with E-state index in [9.17, 15) is 0 Å². The van der Waals surface area contributed by atoms with E-state index in [1.807, 2.05) is 33.8 Å². The Bertz CT molecular complexity index is 891. The maximum atomic E-state index is 4.21. The minimum absolute atomic E-state index is 0.214. The molecule has 2 aromatic carbocycles. The zero-order valence-electron chi connectivity index (χ0n) is 19.0. The summed E-state index contributed by atoms with van der Waals surface area (Å²) in [6.45, 7) is 20.8. The lowest BCUT2D eigenvalue weighted by Gasteiger charge is -2.33. The minimum Gasteiger partial charge on any atom is -0.0988 e. The van der Waals surface area contributed by atoms with Crippen molar-refractivity contribution in [3.05, 3.63) is 108 Å². The molecule has 0 nitrogen and oxygen atoms in total. The third-order valence-corrected chi connectivity index (χ3v) is 5.99. The highest BCUT2D eigenvalue weighted by Gasteiger charge is 2.53. The zero-order valence-corrected chi connectivity index (χ0v) is 19.0. The van der Waals surface area contributed by atoms with Crippen LogP contribution in [-0.4, -0.2) is 0 Å². The molecule has 152 valence electrons. The van der Waals surface area contributed by atoms with Gasteiger partial charge in [-0.2, -0.15) is 0 Å². The zero-order chi connectivity index (χ0) is 21.6. The Labute approximate surface area is 178 Å². The monoisotopic (exact) mass is 384 g/mol. The molecular formula is C29H36. The summed E-state index contributed by atoms with van der Waals surface area (Å²) < 4.78 is 0. The second-order valence-electron chi connectivity index (χ2n) is 6.82. The molecule has 1 unspecified atom stereocenters. The van der Waals surface area contributed by atoms with Gasteiger partial charge in [-0.3, -0.25) is 0 Å². The summed E-state index contributed by atoms with van der Waals surface area (Å²) >= 11 is 0. The van der Waals surface area contributed by atoms with Crippen molar-refractivity contribution < 1.29 is 0 Å². The van der Waals surface area contributed by atoms with Crippen molar-refractivity contribution >= 4 is 0 Å². The summed E-state index contributed by atoms with van der Waals surface area (Å²) in [5.74, 6) is 0.398. The van der Waals surface area contributed by atoms with E-state index in [1.165, 1.54) is 39.0 Å². The van der Waals surface area contributed by atoms with E-state index < -0.39 is 0 Å². The van der Waals surface area contributed by atoms with Crippen LogP contribution in [0.3, 0.4) is 0 Å². The minimum atomic E-state index is -0.214. The average molecular weight is 385 g/mol. The molecule has 0 saturated heterocycles. The number of hydrogen-bond donors (Lipinski definition) is 0. The fraction of sp³-hybridized carbons (Fsp3) is 0.310. The summed E-state index contributed by atoms with van der Waals surface area (Å²) in [7, 11) is 0. The van der Waals surface area contributed by atoms with E-state index in [1.54, 1.807) is 0 Å². The second-order valence-corrected chi connectivity index (χ2v) is 6.82. The maximum absolute atomic E-state index is 4.21. The summed E-state index contributed by atoms with van der Waals surface area (Å²) in [4.78, 5) is 0. The van der Waals surface area contributed by atoms with E-state index in [0.29, 0.717) is 5.92 Å². The Morgan fingerprint density at radius 1 is 0.828 bits per heavy atom. The van der Waals surface area contributed by atoms with Crippen LogP contribution in [-0.2, 0) is 5.41 Å². The van der Waals surface area contributed by atoms with Crippen LogP contribution in [0.4, 0.5) is 0 Å². The molecule has 2 aromatic rings. The predicted molar refractivity (Wildman–Crippen MR) is 130 cm³/mol. The predicted octanol–water partition coefficient (Wildman–Crippen LogP) is 8.66. The fourth-order valence-electron chi connectivity index (χ4n) is 5.21. The average Bonchev–Trinajstić information content (AvgIpc) is 3.26. The molecule has 1 atom stereocenters. The van der Waals surface area contributed by atoms with Crippen LogP contribution in [0.15, 0.2) is 96.6 Å².